The molecule has 5 nitrogen and oxygen atoms in total. The fourth-order valence-corrected chi connectivity index (χ4v) is 1.67. The Morgan fingerprint density at radius 3 is 2.75 bits per heavy atom. The first-order chi connectivity index (χ1) is 9.67. The maximum absolute atomic E-state index is 10.5. The van der Waals surface area contributed by atoms with Crippen LogP contribution >= 0.6 is 0 Å². The van der Waals surface area contributed by atoms with E-state index in [-0.39, 0.29) is 0 Å². The number of carbonyl (C=O) groups is 1. The monoisotopic (exact) mass is 280 g/mol. The molecule has 0 radical (unpaired) electrons. The Kier molecular flexibility index (Phi) is 7.39. The number of carboxylic acids is 1. The maximum atomic E-state index is 10.5. The van der Waals surface area contributed by atoms with Crippen LogP contribution in [-0.4, -0.2) is 38.5 Å². The molecule has 0 aliphatic carbocycles. The molecule has 0 aliphatic heterocycles. The van der Waals surface area contributed by atoms with Gasteiger partial charge in [-0.05, 0) is 30.2 Å². The number of hydrogen-bond donors (Lipinski definition) is 1. The Morgan fingerprint density at radius 2 is 2.10 bits per heavy atom. The van der Waals surface area contributed by atoms with Crippen LogP contribution in [0, 0.1) is 0 Å². The average molecular weight is 280 g/mol. The van der Waals surface area contributed by atoms with Crippen molar-refractivity contribution in [1.29, 1.82) is 0 Å². The smallest absolute Gasteiger partial charge is 0.328 e. The van der Waals surface area contributed by atoms with Crippen LogP contribution in [0.5, 0.6) is 5.75 Å². The summed E-state index contributed by atoms with van der Waals surface area (Å²) in [5, 5.41) is 8.62. The molecule has 1 aromatic carbocycles. The largest absolute Gasteiger partial charge is 0.496 e. The zero-order valence-electron chi connectivity index (χ0n) is 11.8. The lowest BCUT2D eigenvalue weighted by Gasteiger charge is -2.10. The SMILES string of the molecule is COCCCOCc1cc(C=CC(=O)O)ccc1OC. The third-order valence-corrected chi connectivity index (χ3v) is 2.62. The summed E-state index contributed by atoms with van der Waals surface area (Å²) >= 11 is 0. The minimum absolute atomic E-state index is 0.418. The van der Waals surface area contributed by atoms with Crippen molar-refractivity contribution in [2.24, 2.45) is 0 Å². The topological polar surface area (TPSA) is 65.0 Å². The maximum Gasteiger partial charge on any atom is 0.328 e. The van der Waals surface area contributed by atoms with Gasteiger partial charge in [0.2, 0.25) is 0 Å². The average Bonchev–Trinajstić information content (AvgIpc) is 2.45. The van der Waals surface area contributed by atoms with E-state index in [4.69, 9.17) is 19.3 Å². The van der Waals surface area contributed by atoms with E-state index >= 15 is 0 Å². The summed E-state index contributed by atoms with van der Waals surface area (Å²) in [6.07, 6.45) is 3.47. The van der Waals surface area contributed by atoms with Gasteiger partial charge in [0.25, 0.3) is 0 Å². The fraction of sp³-hybridized carbons (Fsp3) is 0.400. The van der Waals surface area contributed by atoms with Crippen molar-refractivity contribution in [2.45, 2.75) is 13.0 Å². The van der Waals surface area contributed by atoms with E-state index in [2.05, 4.69) is 0 Å². The van der Waals surface area contributed by atoms with Crippen molar-refractivity contribution >= 4 is 12.0 Å². The zero-order chi connectivity index (χ0) is 14.8. The quantitative estimate of drug-likeness (QED) is 0.555. The molecule has 1 N–H and O–H groups in total. The molecule has 1 rings (SSSR count). The van der Waals surface area contributed by atoms with Crippen molar-refractivity contribution in [3.63, 3.8) is 0 Å². The summed E-state index contributed by atoms with van der Waals surface area (Å²) < 4.78 is 15.7. The van der Waals surface area contributed by atoms with Gasteiger partial charge in [-0.25, -0.2) is 4.79 Å². The predicted octanol–water partition coefficient (Wildman–Crippen LogP) is 2.35. The molecule has 0 saturated carbocycles. The van der Waals surface area contributed by atoms with Crippen LogP contribution in [0.3, 0.4) is 0 Å². The van der Waals surface area contributed by atoms with Gasteiger partial charge in [0.15, 0.2) is 0 Å². The Balaban J connectivity index is 2.66. The minimum atomic E-state index is -0.974. The van der Waals surface area contributed by atoms with Crippen LogP contribution in [0.1, 0.15) is 17.5 Å². The van der Waals surface area contributed by atoms with Crippen molar-refractivity contribution in [3.05, 3.63) is 35.4 Å². The van der Waals surface area contributed by atoms with E-state index in [9.17, 15) is 4.79 Å². The summed E-state index contributed by atoms with van der Waals surface area (Å²) in [6.45, 7) is 1.69. The summed E-state index contributed by atoms with van der Waals surface area (Å²) in [5.74, 6) is -0.248. The van der Waals surface area contributed by atoms with Gasteiger partial charge < -0.3 is 19.3 Å². The number of carboxylic acid groups (broad SMARTS) is 1. The highest BCUT2D eigenvalue weighted by Gasteiger charge is 2.04. The third-order valence-electron chi connectivity index (χ3n) is 2.62. The van der Waals surface area contributed by atoms with Gasteiger partial charge in [-0.2, -0.15) is 0 Å². The highest BCUT2D eigenvalue weighted by atomic mass is 16.5. The highest BCUT2D eigenvalue weighted by Crippen LogP contribution is 2.21. The van der Waals surface area contributed by atoms with Gasteiger partial charge in [0.1, 0.15) is 5.75 Å². The van der Waals surface area contributed by atoms with E-state index in [0.717, 1.165) is 29.4 Å². The molecule has 110 valence electrons. The van der Waals surface area contributed by atoms with Crippen LogP contribution in [0.25, 0.3) is 6.08 Å². The zero-order valence-corrected chi connectivity index (χ0v) is 11.8. The van der Waals surface area contributed by atoms with Gasteiger partial charge in [-0.15, -0.1) is 0 Å². The Morgan fingerprint density at radius 1 is 1.30 bits per heavy atom. The number of aliphatic carboxylic acids is 1. The second-order valence-corrected chi connectivity index (χ2v) is 4.14. The van der Waals surface area contributed by atoms with Crippen LogP contribution < -0.4 is 4.74 Å². The molecular formula is C15H20O5. The number of methoxy groups -OCH3 is 2. The van der Waals surface area contributed by atoms with Crippen molar-refractivity contribution in [2.75, 3.05) is 27.4 Å². The summed E-state index contributed by atoms with van der Waals surface area (Å²) in [4.78, 5) is 10.5. The van der Waals surface area contributed by atoms with Gasteiger partial charge >= 0.3 is 5.97 Å². The molecule has 0 heterocycles. The lowest BCUT2D eigenvalue weighted by molar-refractivity contribution is -0.131. The third kappa shape index (κ3) is 5.86. The molecule has 0 saturated heterocycles. The Hall–Kier alpha value is -1.85. The van der Waals surface area contributed by atoms with Gasteiger partial charge in [0.05, 0.1) is 13.7 Å². The molecule has 0 aromatic heterocycles. The predicted molar refractivity (Wildman–Crippen MR) is 75.8 cm³/mol. The molecule has 0 atom stereocenters. The first-order valence-electron chi connectivity index (χ1n) is 6.32. The molecule has 1 aromatic rings. The molecule has 5 heteroatoms. The lowest BCUT2D eigenvalue weighted by atomic mass is 10.1. The van der Waals surface area contributed by atoms with E-state index in [1.807, 2.05) is 6.07 Å². The Bertz CT molecular complexity index is 454. The molecule has 0 fully saturated rings. The first-order valence-corrected chi connectivity index (χ1v) is 6.32. The number of benzene rings is 1. The van der Waals surface area contributed by atoms with Crippen molar-refractivity contribution in [1.82, 2.24) is 0 Å². The van der Waals surface area contributed by atoms with Crippen LogP contribution in [0.15, 0.2) is 24.3 Å². The standard InChI is InChI=1S/C15H20O5/c1-18-8-3-9-20-11-13-10-12(5-7-15(16)17)4-6-14(13)19-2/h4-7,10H,3,8-9,11H2,1-2H3,(H,16,17). The van der Waals surface area contributed by atoms with E-state index in [1.54, 1.807) is 26.4 Å². The van der Waals surface area contributed by atoms with Crippen LogP contribution in [0.2, 0.25) is 0 Å². The molecule has 0 aliphatic rings. The van der Waals surface area contributed by atoms with Gasteiger partial charge in [-0.3, -0.25) is 0 Å². The molecular weight excluding hydrogens is 260 g/mol. The second kappa shape index (κ2) is 9.12. The second-order valence-electron chi connectivity index (χ2n) is 4.14. The van der Waals surface area contributed by atoms with Crippen LogP contribution in [-0.2, 0) is 20.9 Å². The number of ether oxygens (including phenoxy) is 3. The summed E-state index contributed by atoms with van der Waals surface area (Å²) in [7, 11) is 3.25. The molecule has 20 heavy (non-hydrogen) atoms. The van der Waals surface area contributed by atoms with E-state index < -0.39 is 5.97 Å². The van der Waals surface area contributed by atoms with Crippen molar-refractivity contribution < 1.29 is 24.1 Å². The van der Waals surface area contributed by atoms with Gasteiger partial charge in [0, 0.05) is 32.0 Å². The summed E-state index contributed by atoms with van der Waals surface area (Å²) in [6, 6.07) is 5.46. The fourth-order valence-electron chi connectivity index (χ4n) is 1.67. The Labute approximate surface area is 118 Å². The molecule has 0 spiro atoms. The lowest BCUT2D eigenvalue weighted by Crippen LogP contribution is -2.01. The number of hydrogen-bond acceptors (Lipinski definition) is 4. The molecule has 0 amide bonds. The summed E-state index contributed by atoms with van der Waals surface area (Å²) in [5.41, 5.74) is 1.68. The molecule has 0 unspecified atom stereocenters. The first kappa shape index (κ1) is 16.2. The van der Waals surface area contributed by atoms with Crippen LogP contribution in [0.4, 0.5) is 0 Å². The van der Waals surface area contributed by atoms with E-state index in [0.29, 0.717) is 19.8 Å². The van der Waals surface area contributed by atoms with Gasteiger partial charge in [-0.1, -0.05) is 6.07 Å². The molecule has 0 bridgehead atoms. The van der Waals surface area contributed by atoms with E-state index in [1.165, 1.54) is 6.08 Å². The number of rotatable bonds is 9. The minimum Gasteiger partial charge on any atom is -0.496 e. The van der Waals surface area contributed by atoms with Crippen molar-refractivity contribution in [3.8, 4) is 5.75 Å². The highest BCUT2D eigenvalue weighted by molar-refractivity contribution is 5.85. The normalized spacial score (nSPS) is 10.9.